The SMILES string of the molecule is C=CCOc1cc(C)nc2ccc(F)cc12.O=CO. The molecule has 100 valence electrons. The number of nitrogens with zero attached hydrogens (tertiary/aromatic N) is 1. The van der Waals surface area contributed by atoms with E-state index in [9.17, 15) is 4.39 Å². The largest absolute Gasteiger partial charge is 0.489 e. The van der Waals surface area contributed by atoms with Crippen LogP contribution in [-0.2, 0) is 4.79 Å². The molecule has 19 heavy (non-hydrogen) atoms. The molecular weight excluding hydrogens is 249 g/mol. The van der Waals surface area contributed by atoms with Gasteiger partial charge in [0.1, 0.15) is 18.2 Å². The summed E-state index contributed by atoms with van der Waals surface area (Å²) in [5.74, 6) is 0.350. The van der Waals surface area contributed by atoms with Crippen molar-refractivity contribution >= 4 is 17.4 Å². The van der Waals surface area contributed by atoms with Crippen molar-refractivity contribution in [1.82, 2.24) is 4.98 Å². The molecule has 0 aliphatic rings. The first-order valence-electron chi connectivity index (χ1n) is 5.50. The summed E-state index contributed by atoms with van der Waals surface area (Å²) in [6.45, 7) is 5.61. The number of carboxylic acid groups (broad SMARTS) is 1. The summed E-state index contributed by atoms with van der Waals surface area (Å²) in [4.78, 5) is 12.7. The van der Waals surface area contributed by atoms with Crippen LogP contribution < -0.4 is 4.74 Å². The van der Waals surface area contributed by atoms with Gasteiger partial charge in [0, 0.05) is 17.1 Å². The fourth-order valence-electron chi connectivity index (χ4n) is 1.56. The van der Waals surface area contributed by atoms with Gasteiger partial charge in [0.05, 0.1) is 5.52 Å². The van der Waals surface area contributed by atoms with Crippen LogP contribution in [0.2, 0.25) is 0 Å². The van der Waals surface area contributed by atoms with Crippen LogP contribution in [0.5, 0.6) is 5.75 Å². The van der Waals surface area contributed by atoms with Crippen LogP contribution in [0.25, 0.3) is 10.9 Å². The van der Waals surface area contributed by atoms with E-state index in [-0.39, 0.29) is 12.3 Å². The first-order chi connectivity index (χ1) is 9.12. The molecule has 0 atom stereocenters. The maximum Gasteiger partial charge on any atom is 0.290 e. The number of aromatic nitrogens is 1. The summed E-state index contributed by atoms with van der Waals surface area (Å²) in [7, 11) is 0. The minimum atomic E-state index is -0.290. The highest BCUT2D eigenvalue weighted by molar-refractivity contribution is 5.85. The zero-order valence-electron chi connectivity index (χ0n) is 10.5. The molecule has 0 saturated heterocycles. The molecule has 1 N–H and O–H groups in total. The predicted octanol–water partition coefficient (Wildman–Crippen LogP) is 2.95. The third kappa shape index (κ3) is 4.06. The van der Waals surface area contributed by atoms with Gasteiger partial charge < -0.3 is 9.84 Å². The second-order valence-corrected chi connectivity index (χ2v) is 3.63. The van der Waals surface area contributed by atoms with Gasteiger partial charge in [0.15, 0.2) is 0 Å². The molecule has 1 aromatic carbocycles. The standard InChI is InChI=1S/C13H12FNO.CH2O2/c1-3-6-16-13-7-9(2)15-12-5-4-10(14)8-11(12)13;2-1-3/h3-5,7-8H,1,6H2,2H3;1H,(H,2,3). The second-order valence-electron chi connectivity index (χ2n) is 3.63. The lowest BCUT2D eigenvalue weighted by Crippen LogP contribution is -1.96. The number of fused-ring (bicyclic) bond motifs is 1. The third-order valence-electron chi connectivity index (χ3n) is 2.22. The molecule has 0 saturated carbocycles. The van der Waals surface area contributed by atoms with E-state index in [0.29, 0.717) is 17.7 Å². The number of rotatable bonds is 3. The van der Waals surface area contributed by atoms with Crippen molar-refractivity contribution in [3.8, 4) is 5.75 Å². The van der Waals surface area contributed by atoms with E-state index in [1.165, 1.54) is 12.1 Å². The maximum atomic E-state index is 13.1. The van der Waals surface area contributed by atoms with Gasteiger partial charge >= 0.3 is 0 Å². The molecule has 5 heteroatoms. The Kier molecular flexibility index (Phi) is 5.47. The van der Waals surface area contributed by atoms with E-state index in [1.807, 2.05) is 6.92 Å². The normalized spacial score (nSPS) is 9.37. The van der Waals surface area contributed by atoms with Crippen LogP contribution in [-0.4, -0.2) is 23.2 Å². The average molecular weight is 263 g/mol. The number of benzene rings is 1. The lowest BCUT2D eigenvalue weighted by Gasteiger charge is -2.08. The zero-order chi connectivity index (χ0) is 14.3. The number of ether oxygens (including phenoxy) is 1. The van der Waals surface area contributed by atoms with E-state index >= 15 is 0 Å². The van der Waals surface area contributed by atoms with Crippen LogP contribution in [0.15, 0.2) is 36.9 Å². The topological polar surface area (TPSA) is 59.4 Å². The Morgan fingerprint density at radius 1 is 1.47 bits per heavy atom. The molecule has 0 fully saturated rings. The van der Waals surface area contributed by atoms with Gasteiger partial charge in [-0.25, -0.2) is 4.39 Å². The van der Waals surface area contributed by atoms with Crippen molar-refractivity contribution in [3.05, 3.63) is 48.4 Å². The predicted molar refractivity (Wildman–Crippen MR) is 70.8 cm³/mol. The number of carbonyl (C=O) groups is 1. The third-order valence-corrected chi connectivity index (χ3v) is 2.22. The summed E-state index contributed by atoms with van der Waals surface area (Å²) in [6.07, 6.45) is 1.65. The van der Waals surface area contributed by atoms with Crippen molar-refractivity contribution in [1.29, 1.82) is 0 Å². The van der Waals surface area contributed by atoms with Crippen molar-refractivity contribution in [2.45, 2.75) is 6.92 Å². The molecule has 0 unspecified atom stereocenters. The van der Waals surface area contributed by atoms with Crippen LogP contribution >= 0.6 is 0 Å². The Morgan fingerprint density at radius 3 is 2.79 bits per heavy atom. The highest BCUT2D eigenvalue weighted by Crippen LogP contribution is 2.26. The van der Waals surface area contributed by atoms with Gasteiger partial charge in [-0.15, -0.1) is 0 Å². The second kappa shape index (κ2) is 7.10. The average Bonchev–Trinajstić information content (AvgIpc) is 2.37. The highest BCUT2D eigenvalue weighted by Gasteiger charge is 2.05. The molecule has 0 amide bonds. The molecule has 0 aliphatic heterocycles. The fourth-order valence-corrected chi connectivity index (χ4v) is 1.56. The summed E-state index contributed by atoms with van der Waals surface area (Å²) in [5.41, 5.74) is 1.58. The Balaban J connectivity index is 0.000000550. The smallest absolute Gasteiger partial charge is 0.290 e. The van der Waals surface area contributed by atoms with E-state index in [1.54, 1.807) is 18.2 Å². The van der Waals surface area contributed by atoms with Gasteiger partial charge in [0.2, 0.25) is 0 Å². The fraction of sp³-hybridized carbons (Fsp3) is 0.143. The van der Waals surface area contributed by atoms with Crippen molar-refractivity contribution < 1.29 is 19.0 Å². The summed E-state index contributed by atoms with van der Waals surface area (Å²) in [5, 5.41) is 7.58. The number of hydrogen-bond acceptors (Lipinski definition) is 3. The molecule has 1 aromatic heterocycles. The van der Waals surface area contributed by atoms with Gasteiger partial charge in [-0.1, -0.05) is 12.7 Å². The molecule has 2 aromatic rings. The zero-order valence-corrected chi connectivity index (χ0v) is 10.5. The van der Waals surface area contributed by atoms with E-state index in [0.717, 1.165) is 11.2 Å². The molecule has 0 bridgehead atoms. The van der Waals surface area contributed by atoms with Crippen LogP contribution in [0.3, 0.4) is 0 Å². The first kappa shape index (κ1) is 14.6. The minimum absolute atomic E-state index is 0.250. The van der Waals surface area contributed by atoms with Crippen LogP contribution in [0.1, 0.15) is 5.69 Å². The van der Waals surface area contributed by atoms with E-state index in [2.05, 4.69) is 11.6 Å². The molecule has 0 radical (unpaired) electrons. The number of hydrogen-bond donors (Lipinski definition) is 1. The number of pyridine rings is 1. The van der Waals surface area contributed by atoms with Gasteiger partial charge in [-0.05, 0) is 25.1 Å². The molecule has 2 rings (SSSR count). The molecular formula is C14H14FNO3. The van der Waals surface area contributed by atoms with Gasteiger partial charge in [0.25, 0.3) is 6.47 Å². The Morgan fingerprint density at radius 2 is 2.16 bits per heavy atom. The van der Waals surface area contributed by atoms with Crippen LogP contribution in [0, 0.1) is 12.7 Å². The summed E-state index contributed by atoms with van der Waals surface area (Å²) >= 11 is 0. The number of halogens is 1. The Labute approximate surface area is 110 Å². The molecule has 4 nitrogen and oxygen atoms in total. The van der Waals surface area contributed by atoms with Gasteiger partial charge in [-0.3, -0.25) is 9.78 Å². The highest BCUT2D eigenvalue weighted by atomic mass is 19.1. The summed E-state index contributed by atoms with van der Waals surface area (Å²) in [6, 6.07) is 6.27. The van der Waals surface area contributed by atoms with Crippen LogP contribution in [0.4, 0.5) is 4.39 Å². The monoisotopic (exact) mass is 263 g/mol. The van der Waals surface area contributed by atoms with Crippen molar-refractivity contribution in [2.24, 2.45) is 0 Å². The van der Waals surface area contributed by atoms with E-state index < -0.39 is 0 Å². The molecule has 1 heterocycles. The van der Waals surface area contributed by atoms with Crippen molar-refractivity contribution in [3.63, 3.8) is 0 Å². The molecule has 0 spiro atoms. The first-order valence-corrected chi connectivity index (χ1v) is 5.50. The Bertz CT molecular complexity index is 584. The number of aryl methyl sites for hydroxylation is 1. The van der Waals surface area contributed by atoms with Gasteiger partial charge in [-0.2, -0.15) is 0 Å². The minimum Gasteiger partial charge on any atom is -0.489 e. The van der Waals surface area contributed by atoms with Crippen molar-refractivity contribution in [2.75, 3.05) is 6.61 Å². The quantitative estimate of drug-likeness (QED) is 0.683. The maximum absolute atomic E-state index is 13.1. The summed E-state index contributed by atoms with van der Waals surface area (Å²) < 4.78 is 18.6. The lowest BCUT2D eigenvalue weighted by atomic mass is 10.2. The van der Waals surface area contributed by atoms with E-state index in [4.69, 9.17) is 14.6 Å². The molecule has 0 aliphatic carbocycles. The Hall–Kier alpha value is -2.43. The lowest BCUT2D eigenvalue weighted by molar-refractivity contribution is -0.122.